The summed E-state index contributed by atoms with van der Waals surface area (Å²) in [6.45, 7) is 5.27. The lowest BCUT2D eigenvalue weighted by molar-refractivity contribution is 0.0627. The molecule has 0 aromatic heterocycles. The summed E-state index contributed by atoms with van der Waals surface area (Å²) in [6.07, 6.45) is 19.5. The number of unbranched alkanes of at least 4 members (excludes halogenated alkanes) is 13. The lowest BCUT2D eigenvalue weighted by Gasteiger charge is -2.14. The zero-order valence-corrected chi connectivity index (χ0v) is 20.7. The van der Waals surface area contributed by atoms with Crippen molar-refractivity contribution in [1.82, 2.24) is 0 Å². The van der Waals surface area contributed by atoms with Crippen LogP contribution < -0.4 is 0 Å². The maximum absolute atomic E-state index is 9.43. The molecule has 1 N–H and O–H groups in total. The van der Waals surface area contributed by atoms with Crippen molar-refractivity contribution in [3.8, 4) is 16.9 Å². The Bertz CT molecular complexity index is 690. The van der Waals surface area contributed by atoms with Crippen molar-refractivity contribution in [3.05, 3.63) is 54.1 Å². The molecule has 2 rings (SSSR count). The number of benzene rings is 2. The Kier molecular flexibility index (Phi) is 13.9. The molecule has 0 fully saturated rings. The van der Waals surface area contributed by atoms with Gasteiger partial charge in [0.05, 0.1) is 6.10 Å². The van der Waals surface area contributed by atoms with Gasteiger partial charge in [-0.1, -0.05) is 127 Å². The van der Waals surface area contributed by atoms with Crippen molar-refractivity contribution in [1.29, 1.82) is 0 Å². The fourth-order valence-electron chi connectivity index (χ4n) is 4.25. The number of ether oxygens (including phenoxy) is 1. The summed E-state index contributed by atoms with van der Waals surface area (Å²) in [5, 5.41) is 9.43. The third-order valence-electron chi connectivity index (χ3n) is 6.45. The molecule has 0 heterocycles. The van der Waals surface area contributed by atoms with E-state index in [0.29, 0.717) is 5.75 Å². The van der Waals surface area contributed by atoms with Crippen molar-refractivity contribution >= 4 is 0 Å². The first kappa shape index (κ1) is 26.5. The van der Waals surface area contributed by atoms with Gasteiger partial charge in [0.25, 0.3) is 0 Å². The molecule has 1 unspecified atom stereocenters. The third-order valence-corrected chi connectivity index (χ3v) is 6.45. The molecule has 2 nitrogen and oxygen atoms in total. The number of phenols is 1. The standard InChI is InChI=1S/C30H46O2/c1-3-4-5-6-7-8-9-10-11-12-13-14-15-16-25-32-26(2)27-17-19-28(20-18-27)29-21-23-30(31)24-22-29/h17-24,26,31H,3-16,25H2,1-2H3. The second-order valence-electron chi connectivity index (χ2n) is 9.28. The molecule has 178 valence electrons. The Labute approximate surface area is 197 Å². The Hall–Kier alpha value is -1.80. The summed E-state index contributed by atoms with van der Waals surface area (Å²) >= 11 is 0. The van der Waals surface area contributed by atoms with Crippen LogP contribution >= 0.6 is 0 Å². The van der Waals surface area contributed by atoms with Gasteiger partial charge in [0.15, 0.2) is 0 Å². The molecular weight excluding hydrogens is 392 g/mol. The van der Waals surface area contributed by atoms with Gasteiger partial charge >= 0.3 is 0 Å². The van der Waals surface area contributed by atoms with Crippen molar-refractivity contribution < 1.29 is 9.84 Å². The van der Waals surface area contributed by atoms with Crippen LogP contribution in [0.3, 0.4) is 0 Å². The van der Waals surface area contributed by atoms with E-state index in [1.165, 1.54) is 89.0 Å². The normalized spacial score (nSPS) is 12.2. The van der Waals surface area contributed by atoms with Crippen molar-refractivity contribution in [2.24, 2.45) is 0 Å². The molecule has 32 heavy (non-hydrogen) atoms. The first-order valence-electron chi connectivity index (χ1n) is 13.2. The van der Waals surface area contributed by atoms with Crippen molar-refractivity contribution in [3.63, 3.8) is 0 Å². The molecule has 2 aromatic rings. The van der Waals surface area contributed by atoms with E-state index in [1.54, 1.807) is 12.1 Å². The molecule has 0 saturated heterocycles. The molecule has 0 saturated carbocycles. The quantitative estimate of drug-likeness (QED) is 0.235. The summed E-state index contributed by atoms with van der Waals surface area (Å²) < 4.78 is 6.06. The van der Waals surface area contributed by atoms with E-state index in [2.05, 4.69) is 38.1 Å². The molecule has 0 spiro atoms. The Morgan fingerprint density at radius 3 is 1.47 bits per heavy atom. The summed E-state index contributed by atoms with van der Waals surface area (Å²) in [4.78, 5) is 0. The highest BCUT2D eigenvalue weighted by molar-refractivity contribution is 5.64. The van der Waals surface area contributed by atoms with E-state index in [9.17, 15) is 5.11 Å². The second-order valence-corrected chi connectivity index (χ2v) is 9.28. The largest absolute Gasteiger partial charge is 0.508 e. The number of phenolic OH excluding ortho intramolecular Hbond substituents is 1. The number of hydrogen-bond donors (Lipinski definition) is 1. The maximum Gasteiger partial charge on any atom is 0.115 e. The highest BCUT2D eigenvalue weighted by Crippen LogP contribution is 2.25. The van der Waals surface area contributed by atoms with E-state index in [1.807, 2.05) is 12.1 Å². The van der Waals surface area contributed by atoms with Crippen LogP contribution in [0.5, 0.6) is 5.75 Å². The summed E-state index contributed by atoms with van der Waals surface area (Å²) in [5.74, 6) is 0.302. The smallest absolute Gasteiger partial charge is 0.115 e. The van der Waals surface area contributed by atoms with E-state index in [4.69, 9.17) is 4.74 Å². The van der Waals surface area contributed by atoms with Gasteiger partial charge in [-0.05, 0) is 42.2 Å². The molecule has 0 aliphatic carbocycles. The highest BCUT2D eigenvalue weighted by atomic mass is 16.5. The van der Waals surface area contributed by atoms with Crippen molar-refractivity contribution in [2.75, 3.05) is 6.61 Å². The molecule has 0 bridgehead atoms. The Morgan fingerprint density at radius 1 is 0.594 bits per heavy atom. The van der Waals surface area contributed by atoms with Gasteiger partial charge in [0.1, 0.15) is 5.75 Å². The average Bonchev–Trinajstić information content (AvgIpc) is 2.82. The summed E-state index contributed by atoms with van der Waals surface area (Å²) in [6, 6.07) is 15.9. The molecule has 2 aromatic carbocycles. The number of aromatic hydroxyl groups is 1. The summed E-state index contributed by atoms with van der Waals surface area (Å²) in [7, 11) is 0. The lowest BCUT2D eigenvalue weighted by atomic mass is 10.0. The summed E-state index contributed by atoms with van der Waals surface area (Å²) in [5.41, 5.74) is 3.50. The van der Waals surface area contributed by atoms with E-state index >= 15 is 0 Å². The van der Waals surface area contributed by atoms with Gasteiger partial charge in [0.2, 0.25) is 0 Å². The predicted molar refractivity (Wildman–Crippen MR) is 138 cm³/mol. The highest BCUT2D eigenvalue weighted by Gasteiger charge is 2.06. The first-order valence-corrected chi connectivity index (χ1v) is 13.2. The van der Waals surface area contributed by atoms with Gasteiger partial charge in [-0.3, -0.25) is 0 Å². The number of rotatable bonds is 18. The average molecular weight is 439 g/mol. The molecular formula is C30H46O2. The predicted octanol–water partition coefficient (Wildman–Crippen LogP) is 9.62. The molecule has 0 amide bonds. The minimum Gasteiger partial charge on any atom is -0.508 e. The number of hydrogen-bond acceptors (Lipinski definition) is 2. The van der Waals surface area contributed by atoms with Crippen LogP contribution in [0.2, 0.25) is 0 Å². The first-order chi connectivity index (χ1) is 15.7. The lowest BCUT2D eigenvalue weighted by Crippen LogP contribution is -2.01. The Morgan fingerprint density at radius 2 is 1.00 bits per heavy atom. The van der Waals surface area contributed by atoms with Gasteiger partial charge < -0.3 is 9.84 Å². The van der Waals surface area contributed by atoms with Crippen LogP contribution in [0.1, 0.15) is 115 Å². The maximum atomic E-state index is 9.43. The SMILES string of the molecule is CCCCCCCCCCCCCCCCOC(C)c1ccc(-c2ccc(O)cc2)cc1. The third kappa shape index (κ3) is 11.2. The van der Waals surface area contributed by atoms with Gasteiger partial charge in [-0.15, -0.1) is 0 Å². The van der Waals surface area contributed by atoms with E-state index in [-0.39, 0.29) is 6.10 Å². The van der Waals surface area contributed by atoms with Crippen LogP contribution in [0, 0.1) is 0 Å². The molecule has 0 aliphatic heterocycles. The second kappa shape index (κ2) is 16.8. The van der Waals surface area contributed by atoms with Crippen LogP contribution in [0.25, 0.3) is 11.1 Å². The van der Waals surface area contributed by atoms with Crippen LogP contribution in [-0.2, 0) is 4.74 Å². The van der Waals surface area contributed by atoms with Crippen molar-refractivity contribution in [2.45, 2.75) is 110 Å². The fourth-order valence-corrected chi connectivity index (χ4v) is 4.25. The zero-order chi connectivity index (χ0) is 22.9. The molecule has 1 atom stereocenters. The van der Waals surface area contributed by atoms with Crippen LogP contribution in [-0.4, -0.2) is 11.7 Å². The van der Waals surface area contributed by atoms with Gasteiger partial charge in [0, 0.05) is 6.61 Å². The van der Waals surface area contributed by atoms with Gasteiger partial charge in [-0.25, -0.2) is 0 Å². The van der Waals surface area contributed by atoms with E-state index in [0.717, 1.165) is 24.2 Å². The molecule has 2 heteroatoms. The van der Waals surface area contributed by atoms with Crippen LogP contribution in [0.15, 0.2) is 48.5 Å². The minimum absolute atomic E-state index is 0.130. The fraction of sp³-hybridized carbons (Fsp3) is 0.600. The molecule has 0 aliphatic rings. The van der Waals surface area contributed by atoms with Gasteiger partial charge in [-0.2, -0.15) is 0 Å². The minimum atomic E-state index is 0.130. The molecule has 0 radical (unpaired) electrons. The topological polar surface area (TPSA) is 29.5 Å². The zero-order valence-electron chi connectivity index (χ0n) is 20.7. The Balaban J connectivity index is 1.45. The monoisotopic (exact) mass is 438 g/mol. The van der Waals surface area contributed by atoms with E-state index < -0.39 is 0 Å². The van der Waals surface area contributed by atoms with Crippen LogP contribution in [0.4, 0.5) is 0 Å².